The third kappa shape index (κ3) is 2.43. The van der Waals surface area contributed by atoms with E-state index in [1.165, 1.54) is 11.1 Å². The maximum absolute atomic E-state index is 12.8. The molecule has 2 amide bonds. The van der Waals surface area contributed by atoms with E-state index in [2.05, 4.69) is 15.2 Å². The monoisotopic (exact) mass is 366 g/mol. The molecular formula is C22H14N4O2. The lowest BCUT2D eigenvalue weighted by Crippen LogP contribution is -2.30. The van der Waals surface area contributed by atoms with Crippen molar-refractivity contribution in [1.29, 1.82) is 0 Å². The van der Waals surface area contributed by atoms with Gasteiger partial charge in [-0.25, -0.2) is 4.90 Å². The summed E-state index contributed by atoms with van der Waals surface area (Å²) in [7, 11) is 0. The zero-order valence-electron chi connectivity index (χ0n) is 14.7. The van der Waals surface area contributed by atoms with Crippen molar-refractivity contribution in [3.63, 3.8) is 0 Å². The number of carbonyl (C=O) groups is 2. The zero-order chi connectivity index (χ0) is 19.1. The summed E-state index contributed by atoms with van der Waals surface area (Å²) in [6.45, 7) is 0. The van der Waals surface area contributed by atoms with Gasteiger partial charge in [0.1, 0.15) is 5.69 Å². The number of anilines is 1. The summed E-state index contributed by atoms with van der Waals surface area (Å²) in [5, 5.41) is 8.32. The van der Waals surface area contributed by atoms with Crippen LogP contribution in [0.15, 0.2) is 66.9 Å². The van der Waals surface area contributed by atoms with Crippen molar-refractivity contribution in [1.82, 2.24) is 15.2 Å². The maximum Gasteiger partial charge on any atom is 0.284 e. The van der Waals surface area contributed by atoms with Gasteiger partial charge in [-0.05, 0) is 35.9 Å². The predicted molar refractivity (Wildman–Crippen MR) is 107 cm³/mol. The van der Waals surface area contributed by atoms with E-state index in [1.807, 2.05) is 48.6 Å². The number of benzene rings is 2. The number of nitrogens with one attached hydrogen (secondary N) is 1. The van der Waals surface area contributed by atoms with Crippen LogP contribution in [0.1, 0.15) is 32.1 Å². The minimum atomic E-state index is -0.410. The largest absolute Gasteiger partial charge is 0.284 e. The van der Waals surface area contributed by atoms with Crippen LogP contribution in [0.5, 0.6) is 0 Å². The normalized spacial score (nSPS) is 13.6. The number of hydrogen-bond acceptors (Lipinski definition) is 4. The molecule has 0 bridgehead atoms. The molecule has 6 heteroatoms. The number of fused-ring (bicyclic) bond motifs is 2. The first-order valence-corrected chi connectivity index (χ1v) is 8.78. The molecule has 0 unspecified atom stereocenters. The molecule has 2 aromatic heterocycles. The molecule has 0 saturated carbocycles. The van der Waals surface area contributed by atoms with E-state index >= 15 is 0 Å². The van der Waals surface area contributed by atoms with Crippen molar-refractivity contribution in [3.05, 3.63) is 89.4 Å². The first-order chi connectivity index (χ1) is 13.7. The van der Waals surface area contributed by atoms with Gasteiger partial charge >= 0.3 is 0 Å². The van der Waals surface area contributed by atoms with Gasteiger partial charge in [-0.2, -0.15) is 5.10 Å². The SMILES string of the molecule is O=C1c2cccnc2C(=O)N1c1ccccc1C=Cc1n[nH]c2ccccc12. The number of amides is 2. The smallest absolute Gasteiger partial charge is 0.277 e. The van der Waals surface area contributed by atoms with E-state index in [4.69, 9.17) is 0 Å². The second-order valence-electron chi connectivity index (χ2n) is 6.39. The van der Waals surface area contributed by atoms with E-state index in [0.717, 1.165) is 22.2 Å². The molecule has 0 spiro atoms. The minimum absolute atomic E-state index is 0.185. The number of H-pyrrole nitrogens is 1. The van der Waals surface area contributed by atoms with E-state index in [0.29, 0.717) is 11.3 Å². The van der Waals surface area contributed by atoms with Crippen molar-refractivity contribution in [2.45, 2.75) is 0 Å². The summed E-state index contributed by atoms with van der Waals surface area (Å²) in [5.74, 6) is -0.772. The molecule has 1 aliphatic heterocycles. The fraction of sp³-hybridized carbons (Fsp3) is 0. The summed E-state index contributed by atoms with van der Waals surface area (Å²) in [6.07, 6.45) is 5.24. The van der Waals surface area contributed by atoms with Crippen LogP contribution in [0.2, 0.25) is 0 Å². The van der Waals surface area contributed by atoms with Gasteiger partial charge < -0.3 is 0 Å². The Hall–Kier alpha value is -4.06. The van der Waals surface area contributed by atoms with Gasteiger partial charge in [-0.15, -0.1) is 0 Å². The highest BCUT2D eigenvalue weighted by molar-refractivity contribution is 6.34. The second kappa shape index (κ2) is 6.28. The van der Waals surface area contributed by atoms with Gasteiger partial charge in [0.05, 0.1) is 22.5 Å². The Bertz CT molecular complexity index is 1240. The molecule has 0 atom stereocenters. The molecule has 3 heterocycles. The molecule has 0 saturated heterocycles. The Labute approximate surface area is 160 Å². The van der Waals surface area contributed by atoms with Crippen molar-refractivity contribution < 1.29 is 9.59 Å². The van der Waals surface area contributed by atoms with Crippen molar-refractivity contribution in [2.24, 2.45) is 0 Å². The fourth-order valence-electron chi connectivity index (χ4n) is 3.40. The Kier molecular flexibility index (Phi) is 3.62. The zero-order valence-corrected chi connectivity index (χ0v) is 14.7. The third-order valence-electron chi connectivity index (χ3n) is 4.75. The number of carbonyl (C=O) groups excluding carboxylic acids is 2. The van der Waals surface area contributed by atoms with Crippen LogP contribution in [-0.2, 0) is 0 Å². The Balaban J connectivity index is 1.56. The van der Waals surface area contributed by atoms with Gasteiger partial charge in [0.15, 0.2) is 0 Å². The summed E-state index contributed by atoms with van der Waals surface area (Å²) < 4.78 is 0. The molecule has 2 aromatic carbocycles. The Morgan fingerprint density at radius 2 is 1.68 bits per heavy atom. The average molecular weight is 366 g/mol. The highest BCUT2D eigenvalue weighted by Crippen LogP contribution is 2.31. The van der Waals surface area contributed by atoms with Crippen LogP contribution in [-0.4, -0.2) is 27.0 Å². The number of para-hydroxylation sites is 2. The number of aromatic amines is 1. The van der Waals surface area contributed by atoms with E-state index in [1.54, 1.807) is 24.3 Å². The molecular weight excluding hydrogens is 352 g/mol. The fourth-order valence-corrected chi connectivity index (χ4v) is 3.40. The van der Waals surface area contributed by atoms with Crippen molar-refractivity contribution >= 4 is 40.6 Å². The first-order valence-electron chi connectivity index (χ1n) is 8.78. The molecule has 0 aliphatic carbocycles. The van der Waals surface area contributed by atoms with Gasteiger partial charge in [0, 0.05) is 11.6 Å². The highest BCUT2D eigenvalue weighted by Gasteiger charge is 2.38. The molecule has 0 radical (unpaired) electrons. The number of rotatable bonds is 3. The molecule has 28 heavy (non-hydrogen) atoms. The molecule has 134 valence electrons. The highest BCUT2D eigenvalue weighted by atomic mass is 16.2. The lowest BCUT2D eigenvalue weighted by atomic mass is 10.1. The topological polar surface area (TPSA) is 79.0 Å². The number of pyridine rings is 1. The van der Waals surface area contributed by atoms with E-state index in [9.17, 15) is 9.59 Å². The lowest BCUT2D eigenvalue weighted by molar-refractivity contribution is 0.0924. The van der Waals surface area contributed by atoms with E-state index in [-0.39, 0.29) is 11.6 Å². The third-order valence-corrected chi connectivity index (χ3v) is 4.75. The summed E-state index contributed by atoms with van der Waals surface area (Å²) in [5.41, 5.74) is 3.50. The second-order valence-corrected chi connectivity index (χ2v) is 6.39. The Morgan fingerprint density at radius 3 is 2.57 bits per heavy atom. The van der Waals surface area contributed by atoms with Gasteiger partial charge in [0.25, 0.3) is 11.8 Å². The van der Waals surface area contributed by atoms with Crippen LogP contribution >= 0.6 is 0 Å². The maximum atomic E-state index is 12.8. The van der Waals surface area contributed by atoms with Gasteiger partial charge in [-0.3, -0.25) is 19.7 Å². The van der Waals surface area contributed by atoms with Crippen LogP contribution in [0.25, 0.3) is 23.1 Å². The lowest BCUT2D eigenvalue weighted by Gasteiger charge is -2.16. The van der Waals surface area contributed by atoms with Crippen molar-refractivity contribution in [2.75, 3.05) is 4.90 Å². The molecule has 4 aromatic rings. The van der Waals surface area contributed by atoms with Crippen LogP contribution in [0.3, 0.4) is 0 Å². The minimum Gasteiger partial charge on any atom is -0.277 e. The first kappa shape index (κ1) is 16.1. The van der Waals surface area contributed by atoms with Crippen molar-refractivity contribution in [3.8, 4) is 0 Å². The summed E-state index contributed by atoms with van der Waals surface area (Å²) in [6, 6.07) is 18.4. The number of nitrogens with zero attached hydrogens (tertiary/aromatic N) is 3. The summed E-state index contributed by atoms with van der Waals surface area (Å²) >= 11 is 0. The van der Waals surface area contributed by atoms with Gasteiger partial charge in [-0.1, -0.05) is 42.5 Å². The molecule has 1 N–H and O–H groups in total. The predicted octanol–water partition coefficient (Wildman–Crippen LogP) is 3.93. The molecule has 0 fully saturated rings. The quantitative estimate of drug-likeness (QED) is 0.557. The number of imide groups is 1. The number of aromatic nitrogens is 3. The average Bonchev–Trinajstić information content (AvgIpc) is 3.26. The number of hydrogen-bond donors (Lipinski definition) is 1. The van der Waals surface area contributed by atoms with Gasteiger partial charge in [0.2, 0.25) is 0 Å². The molecule has 6 nitrogen and oxygen atoms in total. The molecule has 1 aliphatic rings. The Morgan fingerprint density at radius 1 is 0.857 bits per heavy atom. The standard InChI is InChI=1S/C22H14N4O2/c27-21-16-8-5-13-23-20(16)22(28)26(21)19-10-4-1-6-14(19)11-12-18-15-7-2-3-9-17(15)24-25-18/h1-13H,(H,24,25). The molecule has 5 rings (SSSR count). The van der Waals surface area contributed by atoms with Crippen LogP contribution < -0.4 is 4.90 Å². The van der Waals surface area contributed by atoms with Crippen LogP contribution in [0.4, 0.5) is 5.69 Å². The van der Waals surface area contributed by atoms with E-state index < -0.39 is 5.91 Å². The summed E-state index contributed by atoms with van der Waals surface area (Å²) in [4.78, 5) is 30.8. The van der Waals surface area contributed by atoms with Crippen LogP contribution in [0, 0.1) is 0 Å².